The molecular formula is C11H7NO2S2. The molecule has 2 aromatic rings. The van der Waals surface area contributed by atoms with E-state index >= 15 is 0 Å². The van der Waals surface area contributed by atoms with E-state index in [1.165, 1.54) is 29.8 Å². The Morgan fingerprint density at radius 3 is 2.56 bits per heavy atom. The van der Waals surface area contributed by atoms with Gasteiger partial charge in [0.25, 0.3) is 0 Å². The normalized spacial score (nSPS) is 16.1. The van der Waals surface area contributed by atoms with Crippen LogP contribution in [0.2, 0.25) is 0 Å². The average Bonchev–Trinajstić information content (AvgIpc) is 2.92. The fourth-order valence-electron chi connectivity index (χ4n) is 1.77. The predicted molar refractivity (Wildman–Crippen MR) is 64.7 cm³/mol. The third kappa shape index (κ3) is 1.19. The molecule has 5 heteroatoms. The summed E-state index contributed by atoms with van der Waals surface area (Å²) in [5.74, 6) is 0.0938. The highest BCUT2D eigenvalue weighted by atomic mass is 32.1. The maximum Gasteiger partial charge on any atom is 0.205 e. The van der Waals surface area contributed by atoms with Gasteiger partial charge in [-0.2, -0.15) is 0 Å². The van der Waals surface area contributed by atoms with Gasteiger partial charge in [0.05, 0.1) is 9.75 Å². The molecule has 0 aromatic carbocycles. The molecule has 3 nitrogen and oxygen atoms in total. The van der Waals surface area contributed by atoms with E-state index in [-0.39, 0.29) is 5.78 Å². The van der Waals surface area contributed by atoms with Crippen molar-refractivity contribution >= 4 is 34.2 Å². The Balaban J connectivity index is 2.31. The minimum atomic E-state index is 0.0938. The minimum absolute atomic E-state index is 0.0938. The molecule has 80 valence electrons. The summed E-state index contributed by atoms with van der Waals surface area (Å²) in [5.41, 5.74) is 2.38. The zero-order chi connectivity index (χ0) is 11.1. The number of carbonyl (C=O) groups is 1. The summed E-state index contributed by atoms with van der Waals surface area (Å²) >= 11 is 2.97. The Kier molecular flexibility index (Phi) is 2.15. The Morgan fingerprint density at radius 1 is 1.12 bits per heavy atom. The van der Waals surface area contributed by atoms with Crippen LogP contribution in [0.5, 0.6) is 0 Å². The molecule has 0 bridgehead atoms. The van der Waals surface area contributed by atoms with Crippen molar-refractivity contribution in [3.05, 3.63) is 43.8 Å². The second kappa shape index (κ2) is 3.54. The van der Waals surface area contributed by atoms with E-state index in [2.05, 4.69) is 5.16 Å². The van der Waals surface area contributed by atoms with Crippen molar-refractivity contribution < 1.29 is 9.63 Å². The predicted octanol–water partition coefficient (Wildman–Crippen LogP) is 2.75. The molecule has 2 heterocycles. The zero-order valence-electron chi connectivity index (χ0n) is 8.39. The second-order valence-corrected chi connectivity index (χ2v) is 5.11. The third-order valence-electron chi connectivity index (χ3n) is 2.43. The van der Waals surface area contributed by atoms with E-state index < -0.39 is 0 Å². The SMILES string of the molecule is CO/N=C1/c2ccsc2C(=O)c2ccsc21. The number of ketones is 1. The molecule has 0 radical (unpaired) electrons. The fourth-order valence-corrected chi connectivity index (χ4v) is 3.51. The molecule has 16 heavy (non-hydrogen) atoms. The lowest BCUT2D eigenvalue weighted by molar-refractivity contribution is 0.104. The highest BCUT2D eigenvalue weighted by Gasteiger charge is 2.30. The van der Waals surface area contributed by atoms with Crippen molar-refractivity contribution in [3.8, 4) is 0 Å². The number of hydrogen-bond donors (Lipinski definition) is 0. The summed E-state index contributed by atoms with van der Waals surface area (Å²) in [5, 5.41) is 7.84. The first-order valence-electron chi connectivity index (χ1n) is 4.64. The summed E-state index contributed by atoms with van der Waals surface area (Å²) in [6.45, 7) is 0. The number of fused-ring (bicyclic) bond motifs is 2. The molecule has 3 rings (SSSR count). The van der Waals surface area contributed by atoms with Gasteiger partial charge in [-0.15, -0.1) is 22.7 Å². The van der Waals surface area contributed by atoms with Gasteiger partial charge in [-0.05, 0) is 22.9 Å². The van der Waals surface area contributed by atoms with E-state index in [9.17, 15) is 4.79 Å². The molecule has 0 N–H and O–H groups in total. The lowest BCUT2D eigenvalue weighted by atomic mass is 9.96. The van der Waals surface area contributed by atoms with Crippen molar-refractivity contribution in [3.63, 3.8) is 0 Å². The lowest BCUT2D eigenvalue weighted by Crippen LogP contribution is -2.17. The number of hydrogen-bond acceptors (Lipinski definition) is 5. The van der Waals surface area contributed by atoms with Crippen LogP contribution in [-0.2, 0) is 4.84 Å². The highest BCUT2D eigenvalue weighted by molar-refractivity contribution is 7.15. The minimum Gasteiger partial charge on any atom is -0.399 e. The maximum absolute atomic E-state index is 12.1. The van der Waals surface area contributed by atoms with Crippen molar-refractivity contribution in [2.24, 2.45) is 5.16 Å². The maximum atomic E-state index is 12.1. The first-order chi connectivity index (χ1) is 7.83. The summed E-state index contributed by atoms with van der Waals surface area (Å²) in [7, 11) is 1.52. The van der Waals surface area contributed by atoms with Crippen LogP contribution in [0.4, 0.5) is 0 Å². The van der Waals surface area contributed by atoms with Crippen LogP contribution in [0.3, 0.4) is 0 Å². The monoisotopic (exact) mass is 249 g/mol. The molecule has 1 aliphatic carbocycles. The van der Waals surface area contributed by atoms with Gasteiger partial charge < -0.3 is 4.84 Å². The first-order valence-corrected chi connectivity index (χ1v) is 6.40. The molecule has 0 amide bonds. The number of rotatable bonds is 1. The van der Waals surface area contributed by atoms with E-state index in [1.54, 1.807) is 0 Å². The Hall–Kier alpha value is -1.46. The molecule has 0 unspecified atom stereocenters. The summed E-state index contributed by atoms with van der Waals surface area (Å²) in [4.78, 5) is 18.6. The van der Waals surface area contributed by atoms with Crippen LogP contribution < -0.4 is 0 Å². The molecule has 0 saturated carbocycles. The van der Waals surface area contributed by atoms with Gasteiger partial charge in [0.2, 0.25) is 5.78 Å². The van der Waals surface area contributed by atoms with Crippen LogP contribution in [0.25, 0.3) is 0 Å². The van der Waals surface area contributed by atoms with E-state index in [1.807, 2.05) is 22.9 Å². The fraction of sp³-hybridized carbons (Fsp3) is 0.0909. The topological polar surface area (TPSA) is 38.7 Å². The van der Waals surface area contributed by atoms with Gasteiger partial charge in [-0.3, -0.25) is 4.79 Å². The largest absolute Gasteiger partial charge is 0.399 e. The van der Waals surface area contributed by atoms with Crippen LogP contribution in [0.15, 0.2) is 28.0 Å². The summed E-state index contributed by atoms with van der Waals surface area (Å²) in [6.07, 6.45) is 0. The molecule has 0 atom stereocenters. The Bertz CT molecular complexity index is 548. The Labute approximate surface area is 100.0 Å². The van der Waals surface area contributed by atoms with Gasteiger partial charge >= 0.3 is 0 Å². The first kappa shape index (κ1) is 9.74. The molecule has 0 fully saturated rings. The van der Waals surface area contributed by atoms with Gasteiger partial charge in [-0.25, -0.2) is 0 Å². The number of carbonyl (C=O) groups excluding carboxylic acids is 1. The number of thiophene rings is 2. The quantitative estimate of drug-likeness (QED) is 0.622. The van der Waals surface area contributed by atoms with E-state index in [0.29, 0.717) is 0 Å². The zero-order valence-corrected chi connectivity index (χ0v) is 10.0. The average molecular weight is 249 g/mol. The third-order valence-corrected chi connectivity index (χ3v) is 4.27. The standard InChI is InChI=1S/C11H7NO2S2/c1-14-12-8-6-2-4-16-11(6)9(13)7-3-5-15-10(7)8/h2-5H,1H3/b12-8-. The van der Waals surface area contributed by atoms with Crippen LogP contribution in [-0.4, -0.2) is 18.6 Å². The van der Waals surface area contributed by atoms with Crippen molar-refractivity contribution in [1.29, 1.82) is 0 Å². The van der Waals surface area contributed by atoms with Gasteiger partial charge in [0.15, 0.2) is 0 Å². The Morgan fingerprint density at radius 2 is 1.81 bits per heavy atom. The van der Waals surface area contributed by atoms with Gasteiger partial charge in [0, 0.05) is 11.1 Å². The van der Waals surface area contributed by atoms with Crippen LogP contribution >= 0.6 is 22.7 Å². The van der Waals surface area contributed by atoms with Gasteiger partial charge in [0.1, 0.15) is 12.8 Å². The van der Waals surface area contributed by atoms with Crippen LogP contribution in [0, 0.1) is 0 Å². The molecule has 0 spiro atoms. The van der Waals surface area contributed by atoms with Crippen molar-refractivity contribution in [2.75, 3.05) is 7.11 Å². The van der Waals surface area contributed by atoms with E-state index in [4.69, 9.17) is 4.84 Å². The number of oxime groups is 1. The van der Waals surface area contributed by atoms with Crippen molar-refractivity contribution in [1.82, 2.24) is 0 Å². The smallest absolute Gasteiger partial charge is 0.205 e. The molecule has 2 aromatic heterocycles. The van der Waals surface area contributed by atoms with Gasteiger partial charge in [-0.1, -0.05) is 5.16 Å². The number of nitrogens with zero attached hydrogens (tertiary/aromatic N) is 1. The molecule has 0 aliphatic heterocycles. The van der Waals surface area contributed by atoms with Crippen molar-refractivity contribution in [2.45, 2.75) is 0 Å². The second-order valence-electron chi connectivity index (χ2n) is 3.28. The highest BCUT2D eigenvalue weighted by Crippen LogP contribution is 2.34. The van der Waals surface area contributed by atoms with Crippen LogP contribution in [0.1, 0.15) is 25.7 Å². The van der Waals surface area contributed by atoms with E-state index in [0.717, 1.165) is 26.6 Å². The molecule has 0 saturated heterocycles. The lowest BCUT2D eigenvalue weighted by Gasteiger charge is -2.12. The summed E-state index contributed by atoms with van der Waals surface area (Å²) in [6, 6.07) is 3.76. The molecular weight excluding hydrogens is 242 g/mol. The summed E-state index contributed by atoms with van der Waals surface area (Å²) < 4.78 is 0. The molecule has 1 aliphatic rings.